The average Bonchev–Trinajstić information content (AvgIpc) is 2.49. The molecule has 0 saturated heterocycles. The third-order valence-corrected chi connectivity index (χ3v) is 3.30. The summed E-state index contributed by atoms with van der Waals surface area (Å²) in [4.78, 5) is 12.0. The fourth-order valence-corrected chi connectivity index (χ4v) is 2.08. The topological polar surface area (TPSA) is 38.3 Å². The largest absolute Gasteiger partial charge is 0.497 e. The molecular formula is C17H18FNO2. The standard InChI is InChI=1S/C17H18FNO2/c1-12(13-7-9-15(21-2)10-8-13)19-17(20)11-14-5-3-4-6-16(14)18/h3-10,12H,11H2,1-2H3,(H,19,20)/t12-/m0/s1. The third-order valence-electron chi connectivity index (χ3n) is 3.30. The van der Waals surface area contributed by atoms with Gasteiger partial charge in [-0.2, -0.15) is 0 Å². The number of carbonyl (C=O) groups excluding carboxylic acids is 1. The van der Waals surface area contributed by atoms with Crippen LogP contribution in [0, 0.1) is 5.82 Å². The van der Waals surface area contributed by atoms with Crippen molar-refractivity contribution in [3.8, 4) is 5.75 Å². The van der Waals surface area contributed by atoms with Crippen molar-refractivity contribution in [3.05, 3.63) is 65.5 Å². The smallest absolute Gasteiger partial charge is 0.225 e. The van der Waals surface area contributed by atoms with Crippen molar-refractivity contribution >= 4 is 5.91 Å². The van der Waals surface area contributed by atoms with Crippen LogP contribution in [0.1, 0.15) is 24.1 Å². The van der Waals surface area contributed by atoms with E-state index in [1.807, 2.05) is 31.2 Å². The number of hydrogen-bond donors (Lipinski definition) is 1. The summed E-state index contributed by atoms with van der Waals surface area (Å²) in [5.74, 6) is 0.205. The first-order valence-corrected chi connectivity index (χ1v) is 6.77. The lowest BCUT2D eigenvalue weighted by atomic mass is 10.1. The molecule has 0 heterocycles. The Labute approximate surface area is 123 Å². The normalized spacial score (nSPS) is 11.8. The van der Waals surface area contributed by atoms with Crippen LogP contribution >= 0.6 is 0 Å². The molecule has 1 atom stereocenters. The predicted molar refractivity (Wildman–Crippen MR) is 79.7 cm³/mol. The van der Waals surface area contributed by atoms with Gasteiger partial charge in [-0.25, -0.2) is 4.39 Å². The van der Waals surface area contributed by atoms with E-state index >= 15 is 0 Å². The maximum absolute atomic E-state index is 13.5. The number of methoxy groups -OCH3 is 1. The number of amides is 1. The summed E-state index contributed by atoms with van der Waals surface area (Å²) in [6.07, 6.45) is 0.0349. The van der Waals surface area contributed by atoms with Gasteiger partial charge in [0.25, 0.3) is 0 Å². The van der Waals surface area contributed by atoms with Crippen LogP contribution in [-0.4, -0.2) is 13.0 Å². The predicted octanol–water partition coefficient (Wildman–Crippen LogP) is 3.25. The fraction of sp³-hybridized carbons (Fsp3) is 0.235. The van der Waals surface area contributed by atoms with Crippen LogP contribution < -0.4 is 10.1 Å². The average molecular weight is 287 g/mol. The number of carbonyl (C=O) groups is 1. The van der Waals surface area contributed by atoms with Gasteiger partial charge in [0.2, 0.25) is 5.91 Å². The molecule has 0 aromatic heterocycles. The van der Waals surface area contributed by atoms with Gasteiger partial charge in [-0.15, -0.1) is 0 Å². The summed E-state index contributed by atoms with van der Waals surface area (Å²) in [5, 5.41) is 2.86. The Morgan fingerprint density at radius 2 is 1.86 bits per heavy atom. The lowest BCUT2D eigenvalue weighted by Crippen LogP contribution is -2.28. The molecule has 0 bridgehead atoms. The molecular weight excluding hydrogens is 269 g/mol. The second-order valence-corrected chi connectivity index (χ2v) is 4.83. The molecule has 0 aliphatic rings. The van der Waals surface area contributed by atoms with Crippen molar-refractivity contribution < 1.29 is 13.9 Å². The number of rotatable bonds is 5. The van der Waals surface area contributed by atoms with Crippen molar-refractivity contribution in [1.29, 1.82) is 0 Å². The molecule has 2 aromatic carbocycles. The fourth-order valence-electron chi connectivity index (χ4n) is 2.08. The molecule has 0 aliphatic carbocycles. The Morgan fingerprint density at radius 1 is 1.19 bits per heavy atom. The molecule has 4 heteroatoms. The van der Waals surface area contributed by atoms with E-state index in [-0.39, 0.29) is 24.2 Å². The van der Waals surface area contributed by atoms with Crippen LogP contribution in [0.5, 0.6) is 5.75 Å². The molecule has 0 saturated carbocycles. The lowest BCUT2D eigenvalue weighted by molar-refractivity contribution is -0.121. The molecule has 2 aromatic rings. The molecule has 1 N–H and O–H groups in total. The van der Waals surface area contributed by atoms with Crippen LogP contribution in [0.3, 0.4) is 0 Å². The van der Waals surface area contributed by atoms with Crippen LogP contribution in [0.15, 0.2) is 48.5 Å². The zero-order valence-corrected chi connectivity index (χ0v) is 12.1. The first-order chi connectivity index (χ1) is 10.1. The lowest BCUT2D eigenvalue weighted by Gasteiger charge is -2.15. The van der Waals surface area contributed by atoms with Crippen LogP contribution in [0.25, 0.3) is 0 Å². The summed E-state index contributed by atoms with van der Waals surface area (Å²) < 4.78 is 18.6. The zero-order chi connectivity index (χ0) is 15.2. The van der Waals surface area contributed by atoms with E-state index in [1.54, 1.807) is 25.3 Å². The summed E-state index contributed by atoms with van der Waals surface area (Å²) in [6, 6.07) is 13.6. The summed E-state index contributed by atoms with van der Waals surface area (Å²) in [5.41, 5.74) is 1.37. The Hall–Kier alpha value is -2.36. The van der Waals surface area contributed by atoms with Gasteiger partial charge in [0.15, 0.2) is 0 Å². The Kier molecular flexibility index (Phi) is 4.93. The highest BCUT2D eigenvalue weighted by atomic mass is 19.1. The summed E-state index contributed by atoms with van der Waals surface area (Å²) in [6.45, 7) is 1.89. The minimum atomic E-state index is -0.357. The number of nitrogens with one attached hydrogen (secondary N) is 1. The Morgan fingerprint density at radius 3 is 2.48 bits per heavy atom. The Bertz CT molecular complexity index is 610. The molecule has 2 rings (SSSR count). The number of halogens is 1. The maximum Gasteiger partial charge on any atom is 0.225 e. The van der Waals surface area contributed by atoms with E-state index in [2.05, 4.69) is 5.32 Å². The molecule has 110 valence electrons. The highest BCUT2D eigenvalue weighted by Gasteiger charge is 2.12. The highest BCUT2D eigenvalue weighted by molar-refractivity contribution is 5.79. The zero-order valence-electron chi connectivity index (χ0n) is 12.1. The van der Waals surface area contributed by atoms with Gasteiger partial charge < -0.3 is 10.1 Å². The second-order valence-electron chi connectivity index (χ2n) is 4.83. The monoisotopic (exact) mass is 287 g/mol. The number of ether oxygens (including phenoxy) is 1. The molecule has 3 nitrogen and oxygen atoms in total. The van der Waals surface area contributed by atoms with Gasteiger partial charge in [-0.3, -0.25) is 4.79 Å². The minimum Gasteiger partial charge on any atom is -0.497 e. The van der Waals surface area contributed by atoms with E-state index in [1.165, 1.54) is 6.07 Å². The van der Waals surface area contributed by atoms with E-state index < -0.39 is 0 Å². The second kappa shape index (κ2) is 6.88. The van der Waals surface area contributed by atoms with Gasteiger partial charge in [0.05, 0.1) is 19.6 Å². The molecule has 0 spiro atoms. The molecule has 0 aliphatic heterocycles. The third kappa shape index (κ3) is 4.05. The molecule has 1 amide bonds. The molecule has 0 unspecified atom stereocenters. The van der Waals surface area contributed by atoms with Gasteiger partial charge in [-0.05, 0) is 36.2 Å². The summed E-state index contributed by atoms with van der Waals surface area (Å²) >= 11 is 0. The molecule has 21 heavy (non-hydrogen) atoms. The molecule has 0 radical (unpaired) electrons. The highest BCUT2D eigenvalue weighted by Crippen LogP contribution is 2.17. The van der Waals surface area contributed by atoms with Crippen molar-refractivity contribution in [2.45, 2.75) is 19.4 Å². The van der Waals surface area contributed by atoms with E-state index in [9.17, 15) is 9.18 Å². The van der Waals surface area contributed by atoms with Crippen LogP contribution in [-0.2, 0) is 11.2 Å². The van der Waals surface area contributed by atoms with E-state index in [0.29, 0.717) is 5.56 Å². The van der Waals surface area contributed by atoms with E-state index in [4.69, 9.17) is 4.74 Å². The maximum atomic E-state index is 13.5. The van der Waals surface area contributed by atoms with Gasteiger partial charge in [0, 0.05) is 0 Å². The van der Waals surface area contributed by atoms with Gasteiger partial charge >= 0.3 is 0 Å². The minimum absolute atomic E-state index is 0.0349. The van der Waals surface area contributed by atoms with Crippen molar-refractivity contribution in [1.82, 2.24) is 5.32 Å². The van der Waals surface area contributed by atoms with Crippen LogP contribution in [0.2, 0.25) is 0 Å². The molecule has 0 fully saturated rings. The first kappa shape index (κ1) is 15.0. The quantitative estimate of drug-likeness (QED) is 0.916. The van der Waals surface area contributed by atoms with Gasteiger partial charge in [0.1, 0.15) is 11.6 Å². The van der Waals surface area contributed by atoms with Crippen molar-refractivity contribution in [3.63, 3.8) is 0 Å². The summed E-state index contributed by atoms with van der Waals surface area (Å²) in [7, 11) is 1.61. The van der Waals surface area contributed by atoms with Crippen LogP contribution in [0.4, 0.5) is 4.39 Å². The number of hydrogen-bond acceptors (Lipinski definition) is 2. The van der Waals surface area contributed by atoms with Gasteiger partial charge in [-0.1, -0.05) is 30.3 Å². The Balaban J connectivity index is 1.97. The van der Waals surface area contributed by atoms with Crippen molar-refractivity contribution in [2.24, 2.45) is 0 Å². The van der Waals surface area contributed by atoms with E-state index in [0.717, 1.165) is 11.3 Å². The SMILES string of the molecule is COc1ccc([C@H](C)NC(=O)Cc2ccccc2F)cc1. The van der Waals surface area contributed by atoms with Crippen molar-refractivity contribution in [2.75, 3.05) is 7.11 Å². The first-order valence-electron chi connectivity index (χ1n) is 6.77. The number of benzene rings is 2.